The maximum absolute atomic E-state index is 13.2. The lowest BCUT2D eigenvalue weighted by Gasteiger charge is -2.39. The fourth-order valence-electron chi connectivity index (χ4n) is 5.60. The number of fused-ring (bicyclic) bond motifs is 2. The van der Waals surface area contributed by atoms with E-state index in [9.17, 15) is 22.8 Å². The number of carbonyl (C=O) groups is 2. The second kappa shape index (κ2) is 11.6. The molecule has 1 fully saturated rings. The molecule has 0 bridgehead atoms. The third-order valence-electron chi connectivity index (χ3n) is 7.55. The molecule has 3 heterocycles. The predicted molar refractivity (Wildman–Crippen MR) is 145 cm³/mol. The fraction of sp³-hybridized carbons (Fsp3) is 0.448. The van der Waals surface area contributed by atoms with Crippen molar-refractivity contribution in [3.8, 4) is 23.0 Å². The van der Waals surface area contributed by atoms with Gasteiger partial charge in [0.2, 0.25) is 5.75 Å². The number of esters is 1. The minimum atomic E-state index is -5.20. The summed E-state index contributed by atoms with van der Waals surface area (Å²) in [6.45, 7) is 1.70. The molecular formula is C29H29ClF3NO8. The van der Waals surface area contributed by atoms with E-state index in [0.29, 0.717) is 42.8 Å². The molecule has 1 atom stereocenters. The molecule has 0 aliphatic carbocycles. The Balaban J connectivity index is 1.35. The van der Waals surface area contributed by atoms with Gasteiger partial charge in [0, 0.05) is 43.9 Å². The molecule has 3 aromatic rings. The number of ether oxygens (including phenoxy) is 5. The number of Topliss-reactive ketones (excluding diaryl/α,β-unsaturated/α-hetero) is 1. The van der Waals surface area contributed by atoms with Crippen molar-refractivity contribution < 1.29 is 50.9 Å². The number of hydrogen-bond donors (Lipinski definition) is 0. The van der Waals surface area contributed by atoms with Crippen molar-refractivity contribution in [3.05, 3.63) is 46.7 Å². The van der Waals surface area contributed by atoms with Crippen LogP contribution < -0.4 is 18.9 Å². The second-order valence-electron chi connectivity index (χ2n) is 10.3. The highest BCUT2D eigenvalue weighted by molar-refractivity contribution is 6.30. The van der Waals surface area contributed by atoms with Crippen molar-refractivity contribution in [3.63, 3.8) is 0 Å². The predicted octanol–water partition coefficient (Wildman–Crippen LogP) is 5.63. The molecule has 9 nitrogen and oxygen atoms in total. The molecule has 2 aromatic carbocycles. The molecule has 1 spiro atoms. The smallest absolute Gasteiger partial charge is 0.490 e. The SMILES string of the molecule is COc1c(C(C)=O)c(OC[C@@H](CN2CCC3(CC2)Cc2cc(Cl)ccc2O3)OC(=O)C(F)(F)F)c(OC)c2occc12. The van der Waals surface area contributed by atoms with Gasteiger partial charge < -0.3 is 28.1 Å². The monoisotopic (exact) mass is 611 g/mol. The lowest BCUT2D eigenvalue weighted by atomic mass is 9.87. The number of carbonyl (C=O) groups excluding carboxylic acids is 2. The number of benzene rings is 2. The Bertz CT molecular complexity index is 1500. The van der Waals surface area contributed by atoms with Gasteiger partial charge in [-0.15, -0.1) is 0 Å². The van der Waals surface area contributed by atoms with Crippen LogP contribution in [0.2, 0.25) is 5.02 Å². The molecule has 5 rings (SSSR count). The summed E-state index contributed by atoms with van der Waals surface area (Å²) in [4.78, 5) is 26.4. The third-order valence-corrected chi connectivity index (χ3v) is 7.78. The molecule has 0 unspecified atom stereocenters. The van der Waals surface area contributed by atoms with Crippen LogP contribution in [0, 0.1) is 0 Å². The number of likely N-dealkylation sites (tertiary alicyclic amines) is 1. The van der Waals surface area contributed by atoms with Crippen LogP contribution in [0.5, 0.6) is 23.0 Å². The number of rotatable bonds is 9. The van der Waals surface area contributed by atoms with Crippen LogP contribution in [0.25, 0.3) is 11.0 Å². The first-order chi connectivity index (χ1) is 19.9. The molecule has 226 valence electrons. The Labute approximate surface area is 244 Å². The zero-order valence-electron chi connectivity index (χ0n) is 23.1. The summed E-state index contributed by atoms with van der Waals surface area (Å²) in [6, 6.07) is 7.06. The fourth-order valence-corrected chi connectivity index (χ4v) is 5.80. The van der Waals surface area contributed by atoms with Gasteiger partial charge in [-0.1, -0.05) is 11.6 Å². The molecule has 2 aliphatic rings. The zero-order chi connectivity index (χ0) is 30.2. The molecule has 13 heteroatoms. The van der Waals surface area contributed by atoms with Crippen LogP contribution in [0.3, 0.4) is 0 Å². The van der Waals surface area contributed by atoms with E-state index in [2.05, 4.69) is 0 Å². The van der Waals surface area contributed by atoms with Gasteiger partial charge in [0.15, 0.2) is 17.1 Å². The first kappa shape index (κ1) is 29.8. The van der Waals surface area contributed by atoms with Gasteiger partial charge in [-0.3, -0.25) is 9.69 Å². The van der Waals surface area contributed by atoms with Crippen molar-refractivity contribution in [2.45, 2.75) is 44.1 Å². The summed E-state index contributed by atoms with van der Waals surface area (Å²) < 4.78 is 73.0. The normalized spacial score (nSPS) is 17.0. The van der Waals surface area contributed by atoms with E-state index in [-0.39, 0.29) is 34.9 Å². The van der Waals surface area contributed by atoms with Crippen molar-refractivity contribution >= 4 is 34.3 Å². The van der Waals surface area contributed by atoms with Gasteiger partial charge in [-0.25, -0.2) is 4.79 Å². The Morgan fingerprint density at radius 1 is 1.10 bits per heavy atom. The van der Waals surface area contributed by atoms with E-state index in [1.165, 1.54) is 27.4 Å². The molecule has 42 heavy (non-hydrogen) atoms. The maximum atomic E-state index is 13.2. The van der Waals surface area contributed by atoms with Gasteiger partial charge in [-0.05, 0) is 36.8 Å². The van der Waals surface area contributed by atoms with E-state index in [4.69, 9.17) is 39.7 Å². The van der Waals surface area contributed by atoms with E-state index in [1.807, 2.05) is 17.0 Å². The molecule has 1 aromatic heterocycles. The minimum Gasteiger partial charge on any atom is -0.495 e. The van der Waals surface area contributed by atoms with Crippen molar-refractivity contribution in [2.75, 3.05) is 40.5 Å². The lowest BCUT2D eigenvalue weighted by Crippen LogP contribution is -2.50. The summed E-state index contributed by atoms with van der Waals surface area (Å²) in [5, 5.41) is 1.07. The Morgan fingerprint density at radius 2 is 1.81 bits per heavy atom. The lowest BCUT2D eigenvalue weighted by molar-refractivity contribution is -0.207. The van der Waals surface area contributed by atoms with Crippen LogP contribution in [0.1, 0.15) is 35.7 Å². The second-order valence-corrected chi connectivity index (χ2v) is 10.8. The number of nitrogens with zero attached hydrogens (tertiary/aromatic N) is 1. The number of alkyl halides is 3. The average molecular weight is 612 g/mol. The van der Waals surface area contributed by atoms with Crippen molar-refractivity contribution in [1.82, 2.24) is 4.90 Å². The van der Waals surface area contributed by atoms with Crippen LogP contribution in [0.4, 0.5) is 13.2 Å². The molecule has 0 radical (unpaired) electrons. The third kappa shape index (κ3) is 5.82. The number of methoxy groups -OCH3 is 2. The Hall–Kier alpha value is -3.64. The Kier molecular flexibility index (Phi) is 8.21. The summed E-state index contributed by atoms with van der Waals surface area (Å²) in [5.41, 5.74) is 0.817. The van der Waals surface area contributed by atoms with Crippen molar-refractivity contribution in [2.24, 2.45) is 0 Å². The number of halogens is 4. The summed E-state index contributed by atoms with van der Waals surface area (Å²) in [6.07, 6.45) is -3.27. The van der Waals surface area contributed by atoms with E-state index in [0.717, 1.165) is 11.3 Å². The minimum absolute atomic E-state index is 0.0158. The number of ketones is 1. The Morgan fingerprint density at radius 3 is 2.45 bits per heavy atom. The maximum Gasteiger partial charge on any atom is 0.490 e. The van der Waals surface area contributed by atoms with Crippen LogP contribution in [-0.4, -0.2) is 75.0 Å². The first-order valence-corrected chi connectivity index (χ1v) is 13.6. The summed E-state index contributed by atoms with van der Waals surface area (Å²) in [7, 11) is 2.70. The van der Waals surface area contributed by atoms with E-state index < -0.39 is 36.2 Å². The van der Waals surface area contributed by atoms with Gasteiger partial charge in [-0.2, -0.15) is 13.2 Å². The van der Waals surface area contributed by atoms with E-state index >= 15 is 0 Å². The summed E-state index contributed by atoms with van der Waals surface area (Å²) in [5.74, 6) is -1.88. The van der Waals surface area contributed by atoms with Crippen LogP contribution in [0.15, 0.2) is 34.9 Å². The largest absolute Gasteiger partial charge is 0.495 e. The summed E-state index contributed by atoms with van der Waals surface area (Å²) >= 11 is 6.13. The quantitative estimate of drug-likeness (QED) is 0.225. The van der Waals surface area contributed by atoms with Gasteiger partial charge in [0.05, 0.1) is 25.9 Å². The molecular weight excluding hydrogens is 583 g/mol. The number of furan rings is 1. The first-order valence-electron chi connectivity index (χ1n) is 13.2. The van der Waals surface area contributed by atoms with E-state index in [1.54, 1.807) is 12.1 Å². The molecule has 0 amide bonds. The highest BCUT2D eigenvalue weighted by atomic mass is 35.5. The van der Waals surface area contributed by atoms with Crippen LogP contribution >= 0.6 is 11.6 Å². The highest BCUT2D eigenvalue weighted by Crippen LogP contribution is 2.47. The zero-order valence-corrected chi connectivity index (χ0v) is 23.9. The standard InChI is InChI=1S/C29H29ClF3NO8/c1-16(35)22-23(37-2)20-6-11-39-24(20)26(38-3)25(22)40-15-19(41-27(36)29(31,32)33)14-34-9-7-28(8-10-34)13-17-12-18(30)4-5-21(17)42-28/h4-6,11-12,19H,7-10,13-15H2,1-3H3/t19-/m1/s1. The highest BCUT2D eigenvalue weighted by Gasteiger charge is 2.45. The molecule has 1 saturated heterocycles. The average Bonchev–Trinajstić information content (AvgIpc) is 3.55. The molecule has 2 aliphatic heterocycles. The van der Waals surface area contributed by atoms with Crippen molar-refractivity contribution in [1.29, 1.82) is 0 Å². The molecule has 0 saturated carbocycles. The topological polar surface area (TPSA) is 96.7 Å². The van der Waals surface area contributed by atoms with Gasteiger partial charge >= 0.3 is 12.1 Å². The number of piperidine rings is 1. The number of hydrogen-bond acceptors (Lipinski definition) is 9. The van der Waals surface area contributed by atoms with Gasteiger partial charge in [0.1, 0.15) is 35.4 Å². The van der Waals surface area contributed by atoms with Crippen LogP contribution in [-0.2, 0) is 16.0 Å². The van der Waals surface area contributed by atoms with Gasteiger partial charge in [0.25, 0.3) is 0 Å². The molecule has 0 N–H and O–H groups in total.